The fourth-order valence-electron chi connectivity index (χ4n) is 2.12. The molecule has 1 aromatic heterocycles. The number of amides is 1. The quantitative estimate of drug-likeness (QED) is 0.780. The van der Waals surface area contributed by atoms with Gasteiger partial charge in [-0.1, -0.05) is 0 Å². The molecule has 0 spiro atoms. The van der Waals surface area contributed by atoms with Crippen LogP contribution in [0.1, 0.15) is 23.3 Å². The number of carbonyl (C=O) groups excluding carboxylic acids is 1. The minimum absolute atomic E-state index is 0.0922. The highest BCUT2D eigenvalue weighted by Crippen LogP contribution is 2.13. The lowest BCUT2D eigenvalue weighted by molar-refractivity contribution is 0.0696. The van der Waals surface area contributed by atoms with Crippen molar-refractivity contribution in [3.8, 4) is 0 Å². The molecule has 0 saturated carbocycles. The maximum Gasteiger partial charge on any atom is 0.272 e. The van der Waals surface area contributed by atoms with E-state index < -0.39 is 0 Å². The van der Waals surface area contributed by atoms with Crippen LogP contribution in [0.5, 0.6) is 0 Å². The number of carbonyl (C=O) groups is 1. The Morgan fingerprint density at radius 1 is 1.50 bits per heavy atom. The lowest BCUT2D eigenvalue weighted by Gasteiger charge is -2.31. The molecule has 1 aliphatic rings. The van der Waals surface area contributed by atoms with Crippen LogP contribution in [0.2, 0.25) is 0 Å². The molecule has 0 unspecified atom stereocenters. The van der Waals surface area contributed by atoms with Crippen molar-refractivity contribution in [2.24, 2.45) is 7.05 Å². The molecule has 0 bridgehead atoms. The number of nitrogens with one attached hydrogen (secondary N) is 1. The molecule has 16 heavy (non-hydrogen) atoms. The fraction of sp³-hybridized carbons (Fsp3) is 0.636. The smallest absolute Gasteiger partial charge is 0.272 e. The number of aromatic nitrogens is 2. The lowest BCUT2D eigenvalue weighted by Crippen LogP contribution is -2.44. The van der Waals surface area contributed by atoms with Crippen LogP contribution in [-0.4, -0.2) is 46.8 Å². The Hall–Kier alpha value is -1.36. The van der Waals surface area contributed by atoms with Gasteiger partial charge in [0.15, 0.2) is 0 Å². The minimum Gasteiger partial charge on any atom is -0.337 e. The summed E-state index contributed by atoms with van der Waals surface area (Å²) in [6, 6.07) is 2.32. The van der Waals surface area contributed by atoms with Crippen molar-refractivity contribution in [3.05, 3.63) is 18.0 Å². The Labute approximate surface area is 95.4 Å². The van der Waals surface area contributed by atoms with E-state index in [0.717, 1.165) is 25.9 Å². The highest BCUT2D eigenvalue weighted by atomic mass is 16.2. The summed E-state index contributed by atoms with van der Waals surface area (Å²) in [5.41, 5.74) is 0.669. The fourth-order valence-corrected chi connectivity index (χ4v) is 2.12. The first-order valence-electron chi connectivity index (χ1n) is 5.67. The second kappa shape index (κ2) is 4.65. The van der Waals surface area contributed by atoms with Gasteiger partial charge in [0.2, 0.25) is 0 Å². The first kappa shape index (κ1) is 11.1. The number of likely N-dealkylation sites (tertiary alicyclic amines) is 1. The van der Waals surface area contributed by atoms with Gasteiger partial charge in [0.1, 0.15) is 5.69 Å². The average Bonchev–Trinajstić information content (AvgIpc) is 2.75. The number of hydrogen-bond donors (Lipinski definition) is 1. The van der Waals surface area contributed by atoms with Crippen molar-refractivity contribution in [1.82, 2.24) is 20.0 Å². The van der Waals surface area contributed by atoms with Gasteiger partial charge in [-0.15, -0.1) is 0 Å². The van der Waals surface area contributed by atoms with Gasteiger partial charge >= 0.3 is 0 Å². The summed E-state index contributed by atoms with van der Waals surface area (Å²) in [6.45, 7) is 1.66. The summed E-state index contributed by atoms with van der Waals surface area (Å²) in [5.74, 6) is 0.0922. The molecule has 1 N–H and O–H groups in total. The van der Waals surface area contributed by atoms with Crippen LogP contribution in [0, 0.1) is 0 Å². The molecule has 1 fully saturated rings. The molecular weight excluding hydrogens is 204 g/mol. The number of hydrogen-bond acceptors (Lipinski definition) is 3. The molecule has 5 nitrogen and oxygen atoms in total. The third kappa shape index (κ3) is 2.09. The summed E-state index contributed by atoms with van der Waals surface area (Å²) >= 11 is 0. The molecule has 0 aliphatic carbocycles. The van der Waals surface area contributed by atoms with E-state index in [1.165, 1.54) is 0 Å². The Kier molecular flexibility index (Phi) is 3.24. The summed E-state index contributed by atoms with van der Waals surface area (Å²) in [6.07, 6.45) is 3.72. The monoisotopic (exact) mass is 222 g/mol. The van der Waals surface area contributed by atoms with Crippen molar-refractivity contribution in [2.75, 3.05) is 20.1 Å². The van der Waals surface area contributed by atoms with E-state index in [1.807, 2.05) is 11.9 Å². The summed E-state index contributed by atoms with van der Waals surface area (Å²) in [4.78, 5) is 14.0. The van der Waals surface area contributed by atoms with Crippen LogP contribution >= 0.6 is 0 Å². The van der Waals surface area contributed by atoms with E-state index in [4.69, 9.17) is 0 Å². The highest BCUT2D eigenvalue weighted by Gasteiger charge is 2.23. The van der Waals surface area contributed by atoms with Crippen molar-refractivity contribution < 1.29 is 4.79 Å². The Bertz CT molecular complexity index is 366. The zero-order valence-electron chi connectivity index (χ0n) is 9.81. The minimum atomic E-state index is 0.0922. The van der Waals surface area contributed by atoms with E-state index in [1.54, 1.807) is 24.0 Å². The molecule has 2 heterocycles. The summed E-state index contributed by atoms with van der Waals surface area (Å²) in [5, 5.41) is 7.27. The maximum atomic E-state index is 12.1. The maximum absolute atomic E-state index is 12.1. The van der Waals surface area contributed by atoms with Crippen LogP contribution in [-0.2, 0) is 7.05 Å². The van der Waals surface area contributed by atoms with Crippen molar-refractivity contribution in [1.29, 1.82) is 0 Å². The lowest BCUT2D eigenvalue weighted by atomic mass is 10.1. The topological polar surface area (TPSA) is 50.2 Å². The molecule has 0 aromatic carbocycles. The van der Waals surface area contributed by atoms with Gasteiger partial charge in [0.05, 0.1) is 0 Å². The molecule has 2 rings (SSSR count). The Balaban J connectivity index is 2.00. The summed E-state index contributed by atoms with van der Waals surface area (Å²) < 4.78 is 1.63. The van der Waals surface area contributed by atoms with Gasteiger partial charge in [-0.3, -0.25) is 9.48 Å². The Morgan fingerprint density at radius 3 is 2.69 bits per heavy atom. The number of nitrogens with zero attached hydrogens (tertiary/aromatic N) is 3. The third-order valence-electron chi connectivity index (χ3n) is 3.23. The van der Waals surface area contributed by atoms with Gasteiger partial charge in [0.25, 0.3) is 5.91 Å². The molecule has 1 aliphatic heterocycles. The molecule has 5 heteroatoms. The van der Waals surface area contributed by atoms with E-state index in [0.29, 0.717) is 11.7 Å². The normalized spacial score (nSPS) is 17.8. The van der Waals surface area contributed by atoms with Crippen molar-refractivity contribution in [3.63, 3.8) is 0 Å². The zero-order valence-corrected chi connectivity index (χ0v) is 9.81. The zero-order chi connectivity index (χ0) is 11.5. The van der Waals surface area contributed by atoms with Gasteiger partial charge in [-0.25, -0.2) is 0 Å². The highest BCUT2D eigenvalue weighted by molar-refractivity contribution is 5.92. The Morgan fingerprint density at radius 2 is 2.19 bits per heavy atom. The first-order valence-corrected chi connectivity index (χ1v) is 5.67. The number of piperidine rings is 1. The predicted molar refractivity (Wildman–Crippen MR) is 61.2 cm³/mol. The molecule has 0 atom stereocenters. The molecular formula is C11H18N4O. The van der Waals surface area contributed by atoms with E-state index in [-0.39, 0.29) is 5.91 Å². The van der Waals surface area contributed by atoms with Crippen LogP contribution in [0.15, 0.2) is 12.3 Å². The van der Waals surface area contributed by atoms with E-state index >= 15 is 0 Å². The second-order valence-corrected chi connectivity index (χ2v) is 4.20. The largest absolute Gasteiger partial charge is 0.337 e. The van der Waals surface area contributed by atoms with Crippen molar-refractivity contribution in [2.45, 2.75) is 18.9 Å². The molecule has 1 aromatic rings. The third-order valence-corrected chi connectivity index (χ3v) is 3.23. The van der Waals surface area contributed by atoms with Crippen LogP contribution in [0.3, 0.4) is 0 Å². The van der Waals surface area contributed by atoms with E-state index in [9.17, 15) is 4.79 Å². The van der Waals surface area contributed by atoms with Crippen LogP contribution < -0.4 is 5.32 Å². The van der Waals surface area contributed by atoms with Gasteiger partial charge in [-0.05, 0) is 26.0 Å². The molecule has 1 saturated heterocycles. The predicted octanol–water partition coefficient (Wildman–Crippen LogP) is 0.244. The van der Waals surface area contributed by atoms with Gasteiger partial charge in [-0.2, -0.15) is 5.10 Å². The number of aryl methyl sites for hydroxylation is 1. The van der Waals surface area contributed by atoms with E-state index in [2.05, 4.69) is 10.4 Å². The molecule has 88 valence electrons. The SMILES string of the molecule is CNC1CCN(C(=O)c2ccnn2C)CC1. The average molecular weight is 222 g/mol. The van der Waals surface area contributed by atoms with Crippen molar-refractivity contribution >= 4 is 5.91 Å². The first-order chi connectivity index (χ1) is 7.72. The van der Waals surface area contributed by atoms with Gasteiger partial charge in [0, 0.05) is 32.4 Å². The molecule has 1 amide bonds. The van der Waals surface area contributed by atoms with Crippen LogP contribution in [0.4, 0.5) is 0 Å². The van der Waals surface area contributed by atoms with Gasteiger partial charge < -0.3 is 10.2 Å². The standard InChI is InChI=1S/C11H18N4O/c1-12-9-4-7-15(8-5-9)11(16)10-3-6-13-14(10)2/h3,6,9,12H,4-5,7-8H2,1-2H3. The van der Waals surface area contributed by atoms with Crippen LogP contribution in [0.25, 0.3) is 0 Å². The molecule has 0 radical (unpaired) electrons. The summed E-state index contributed by atoms with van der Waals surface area (Å²) in [7, 11) is 3.77. The second-order valence-electron chi connectivity index (χ2n) is 4.20. The number of rotatable bonds is 2.